The molecule has 4 rings (SSSR count). The molecule has 1 amide bonds. The van der Waals surface area contributed by atoms with Crippen molar-refractivity contribution in [1.82, 2.24) is 9.78 Å². The Balaban J connectivity index is 1.66. The van der Waals surface area contributed by atoms with Crippen LogP contribution in [-0.4, -0.2) is 33.3 Å². The number of benzene rings is 2. The Morgan fingerprint density at radius 2 is 1.81 bits per heavy atom. The fourth-order valence-corrected chi connectivity index (χ4v) is 4.24. The summed E-state index contributed by atoms with van der Waals surface area (Å²) < 4.78 is 1.92. The van der Waals surface area contributed by atoms with E-state index in [1.54, 1.807) is 17.0 Å². The maximum atomic E-state index is 13.4. The van der Waals surface area contributed by atoms with Gasteiger partial charge >= 0.3 is 5.97 Å². The van der Waals surface area contributed by atoms with Crippen LogP contribution in [-0.2, 0) is 11.2 Å². The highest BCUT2D eigenvalue weighted by molar-refractivity contribution is 6.06. The molecular formula is C26H29N3O3. The highest BCUT2D eigenvalue weighted by Gasteiger charge is 2.33. The van der Waals surface area contributed by atoms with E-state index >= 15 is 0 Å². The van der Waals surface area contributed by atoms with Crippen LogP contribution < -0.4 is 4.90 Å². The number of hydrogen-bond donors (Lipinski definition) is 1. The zero-order valence-corrected chi connectivity index (χ0v) is 18.6. The molecule has 2 heterocycles. The van der Waals surface area contributed by atoms with Crippen LogP contribution in [0.3, 0.4) is 0 Å². The average molecular weight is 432 g/mol. The Kier molecular flexibility index (Phi) is 6.40. The average Bonchev–Trinajstić information content (AvgIpc) is 3.22. The molecule has 0 radical (unpaired) electrons. The van der Waals surface area contributed by atoms with E-state index in [-0.39, 0.29) is 18.4 Å². The van der Waals surface area contributed by atoms with Crippen LogP contribution in [0.2, 0.25) is 0 Å². The van der Waals surface area contributed by atoms with Gasteiger partial charge < -0.3 is 10.0 Å². The van der Waals surface area contributed by atoms with E-state index in [0.29, 0.717) is 12.2 Å². The summed E-state index contributed by atoms with van der Waals surface area (Å²) in [6.45, 7) is 4.79. The number of carboxylic acids is 1. The molecule has 0 saturated heterocycles. The number of fused-ring (bicyclic) bond motifs is 1. The number of anilines is 1. The number of nitrogens with zero attached hydrogens (tertiary/aromatic N) is 3. The summed E-state index contributed by atoms with van der Waals surface area (Å²) >= 11 is 0. The van der Waals surface area contributed by atoms with Gasteiger partial charge in [-0.15, -0.1) is 0 Å². The van der Waals surface area contributed by atoms with E-state index in [9.17, 15) is 9.59 Å². The van der Waals surface area contributed by atoms with Gasteiger partial charge in [0.25, 0.3) is 5.91 Å². The molecule has 1 atom stereocenters. The minimum atomic E-state index is -0.865. The Morgan fingerprint density at radius 1 is 1.09 bits per heavy atom. The van der Waals surface area contributed by atoms with Crippen LogP contribution in [0, 0.1) is 6.92 Å². The first-order valence-corrected chi connectivity index (χ1v) is 11.3. The van der Waals surface area contributed by atoms with Gasteiger partial charge in [0.2, 0.25) is 0 Å². The van der Waals surface area contributed by atoms with Gasteiger partial charge in [0.15, 0.2) is 0 Å². The molecule has 1 aliphatic heterocycles. The summed E-state index contributed by atoms with van der Waals surface area (Å²) in [5, 5.41) is 13.9. The Hall–Kier alpha value is -3.41. The number of amides is 1. The van der Waals surface area contributed by atoms with E-state index in [1.165, 1.54) is 5.56 Å². The van der Waals surface area contributed by atoms with Crippen molar-refractivity contribution in [3.05, 3.63) is 71.4 Å². The van der Waals surface area contributed by atoms with Crippen molar-refractivity contribution < 1.29 is 14.7 Å². The van der Waals surface area contributed by atoms with Gasteiger partial charge in [0.1, 0.15) is 5.69 Å². The number of hydrogen-bond acceptors (Lipinski definition) is 3. The third-order valence-electron chi connectivity index (χ3n) is 6.03. The number of aromatic nitrogens is 2. The van der Waals surface area contributed by atoms with Gasteiger partial charge in [-0.3, -0.25) is 14.3 Å². The lowest BCUT2D eigenvalue weighted by Gasteiger charge is -2.33. The van der Waals surface area contributed by atoms with E-state index in [2.05, 4.69) is 26.0 Å². The highest BCUT2D eigenvalue weighted by Crippen LogP contribution is 2.32. The molecule has 0 fully saturated rings. The molecule has 1 aliphatic rings. The fraction of sp³-hybridized carbons (Fsp3) is 0.346. The van der Waals surface area contributed by atoms with Crippen molar-refractivity contribution in [3.8, 4) is 11.3 Å². The van der Waals surface area contributed by atoms with E-state index in [0.717, 1.165) is 48.2 Å². The summed E-state index contributed by atoms with van der Waals surface area (Å²) in [5.41, 5.74) is 5.10. The van der Waals surface area contributed by atoms with E-state index in [4.69, 9.17) is 10.2 Å². The van der Waals surface area contributed by atoms with Crippen molar-refractivity contribution in [1.29, 1.82) is 0 Å². The maximum absolute atomic E-state index is 13.4. The number of carboxylic acid groups (broad SMARTS) is 1. The number of aryl methyl sites for hydroxylation is 1. The Bertz CT molecular complexity index is 1100. The predicted octanol–water partition coefficient (Wildman–Crippen LogP) is 5.27. The zero-order chi connectivity index (χ0) is 22.7. The molecule has 0 bridgehead atoms. The lowest BCUT2D eigenvalue weighted by atomic mass is 10.0. The van der Waals surface area contributed by atoms with Crippen LogP contribution in [0.15, 0.2) is 54.6 Å². The molecule has 1 unspecified atom stereocenters. The van der Waals surface area contributed by atoms with Crippen LogP contribution in [0.4, 0.5) is 5.69 Å². The maximum Gasteiger partial charge on any atom is 0.307 e. The largest absolute Gasteiger partial charge is 0.481 e. The van der Waals surface area contributed by atoms with Crippen molar-refractivity contribution in [2.75, 3.05) is 11.4 Å². The molecule has 0 saturated carbocycles. The van der Waals surface area contributed by atoms with E-state index < -0.39 is 5.97 Å². The quantitative estimate of drug-likeness (QED) is 0.493. The molecule has 32 heavy (non-hydrogen) atoms. The molecule has 3 aromatic rings. The number of unbranched alkanes of at least 4 members (excludes halogenated alkanes) is 2. The van der Waals surface area contributed by atoms with Crippen molar-refractivity contribution in [2.45, 2.75) is 52.0 Å². The predicted molar refractivity (Wildman–Crippen MR) is 125 cm³/mol. The number of aliphatic carboxylic acids is 1. The molecule has 6 heteroatoms. The zero-order valence-electron chi connectivity index (χ0n) is 18.6. The third kappa shape index (κ3) is 4.59. The first kappa shape index (κ1) is 21.8. The van der Waals surface area contributed by atoms with Crippen LogP contribution >= 0.6 is 0 Å². The second kappa shape index (κ2) is 9.39. The van der Waals surface area contributed by atoms with Crippen LogP contribution in [0.5, 0.6) is 0 Å². The Labute approximate surface area is 188 Å². The molecular weight excluding hydrogens is 402 g/mol. The van der Waals surface area contributed by atoms with Gasteiger partial charge in [-0.1, -0.05) is 68.1 Å². The van der Waals surface area contributed by atoms with Crippen molar-refractivity contribution in [3.63, 3.8) is 0 Å². The van der Waals surface area contributed by atoms with Gasteiger partial charge in [-0.05, 0) is 37.1 Å². The lowest BCUT2D eigenvalue weighted by molar-refractivity contribution is -0.136. The second-order valence-electron chi connectivity index (χ2n) is 8.53. The standard InChI is InChI=1S/C26H29N3O3/c1-3-4-5-6-22-17-28(21-13-9-19(10-14-21)15-25(30)31)26(32)24-16-23(27-29(22)24)20-11-7-18(2)8-12-20/h7-14,16,22H,3-6,15,17H2,1-2H3,(H,30,31). The summed E-state index contributed by atoms with van der Waals surface area (Å²) in [5.74, 6) is -0.941. The number of carbonyl (C=O) groups excluding carboxylic acids is 1. The molecule has 0 spiro atoms. The fourth-order valence-electron chi connectivity index (χ4n) is 4.24. The summed E-state index contributed by atoms with van der Waals surface area (Å²) in [4.78, 5) is 26.2. The number of rotatable bonds is 8. The minimum absolute atomic E-state index is 0.0272. The summed E-state index contributed by atoms with van der Waals surface area (Å²) in [6.07, 6.45) is 4.30. The molecule has 2 aromatic carbocycles. The number of carbonyl (C=O) groups is 2. The molecule has 6 nitrogen and oxygen atoms in total. The smallest absolute Gasteiger partial charge is 0.307 e. The third-order valence-corrected chi connectivity index (χ3v) is 6.03. The first-order chi connectivity index (χ1) is 15.5. The van der Waals surface area contributed by atoms with Gasteiger partial charge in [0.05, 0.1) is 18.2 Å². The van der Waals surface area contributed by atoms with Crippen molar-refractivity contribution in [2.24, 2.45) is 0 Å². The van der Waals surface area contributed by atoms with Crippen molar-refractivity contribution >= 4 is 17.6 Å². The first-order valence-electron chi connectivity index (χ1n) is 11.3. The highest BCUT2D eigenvalue weighted by atomic mass is 16.4. The monoisotopic (exact) mass is 431 g/mol. The van der Waals surface area contributed by atoms with Crippen LogP contribution in [0.25, 0.3) is 11.3 Å². The molecule has 1 aromatic heterocycles. The lowest BCUT2D eigenvalue weighted by Crippen LogP contribution is -2.43. The van der Waals surface area contributed by atoms with Gasteiger partial charge in [-0.2, -0.15) is 5.10 Å². The topological polar surface area (TPSA) is 75.4 Å². The van der Waals surface area contributed by atoms with Gasteiger partial charge in [0, 0.05) is 17.8 Å². The summed E-state index contributed by atoms with van der Waals surface area (Å²) in [7, 11) is 0. The molecule has 1 N–H and O–H groups in total. The Morgan fingerprint density at radius 3 is 2.47 bits per heavy atom. The SMILES string of the molecule is CCCCCC1CN(c2ccc(CC(=O)O)cc2)C(=O)c2cc(-c3ccc(C)cc3)nn21. The second-order valence-corrected chi connectivity index (χ2v) is 8.53. The molecule has 0 aliphatic carbocycles. The van der Waals surface area contributed by atoms with Crippen LogP contribution in [0.1, 0.15) is 60.3 Å². The van der Waals surface area contributed by atoms with Gasteiger partial charge in [-0.25, -0.2) is 0 Å². The van der Waals surface area contributed by atoms with E-state index in [1.807, 2.05) is 35.0 Å². The summed E-state index contributed by atoms with van der Waals surface area (Å²) in [6, 6.07) is 17.4. The molecule has 166 valence electrons. The minimum Gasteiger partial charge on any atom is -0.481 e. The normalized spacial score (nSPS) is 15.6.